The van der Waals surface area contributed by atoms with Crippen LogP contribution < -0.4 is 10.6 Å². The zero-order valence-electron chi connectivity index (χ0n) is 26.1. The van der Waals surface area contributed by atoms with Crippen molar-refractivity contribution in [2.75, 3.05) is 0 Å². The molecule has 0 radical (unpaired) electrons. The Labute approximate surface area is 242 Å². The van der Waals surface area contributed by atoms with Crippen molar-refractivity contribution in [2.45, 2.75) is 130 Å². The van der Waals surface area contributed by atoms with Gasteiger partial charge in [-0.2, -0.15) is 0 Å². The Bertz CT molecular complexity index is 992. The number of ether oxygens (including phenoxy) is 1. The lowest BCUT2D eigenvalue weighted by Gasteiger charge is -2.40. The van der Waals surface area contributed by atoms with E-state index in [1.165, 1.54) is 6.42 Å². The fourth-order valence-corrected chi connectivity index (χ4v) is 5.24. The molecular formula is C33H53N3O4. The van der Waals surface area contributed by atoms with E-state index in [2.05, 4.69) is 31.1 Å². The van der Waals surface area contributed by atoms with E-state index in [1.54, 1.807) is 31.7 Å². The Balaban J connectivity index is 2.57. The molecule has 7 nitrogen and oxygen atoms in total. The molecule has 7 heteroatoms. The third-order valence-electron chi connectivity index (χ3n) is 7.44. The Morgan fingerprint density at radius 2 is 1.70 bits per heavy atom. The molecule has 3 amide bonds. The van der Waals surface area contributed by atoms with Gasteiger partial charge in [-0.3, -0.25) is 9.59 Å². The van der Waals surface area contributed by atoms with Gasteiger partial charge < -0.3 is 20.3 Å². The average molecular weight is 556 g/mol. The van der Waals surface area contributed by atoms with Gasteiger partial charge >= 0.3 is 6.09 Å². The number of amides is 3. The van der Waals surface area contributed by atoms with E-state index in [-0.39, 0.29) is 29.8 Å². The minimum atomic E-state index is -0.857. The van der Waals surface area contributed by atoms with E-state index < -0.39 is 23.8 Å². The quantitative estimate of drug-likeness (QED) is 0.290. The van der Waals surface area contributed by atoms with Crippen molar-refractivity contribution in [2.24, 2.45) is 11.8 Å². The van der Waals surface area contributed by atoms with Gasteiger partial charge in [0.1, 0.15) is 17.7 Å². The molecule has 2 N–H and O–H groups in total. The smallest absolute Gasteiger partial charge is 0.408 e. The van der Waals surface area contributed by atoms with Crippen LogP contribution in [-0.2, 0) is 14.3 Å². The first-order valence-corrected chi connectivity index (χ1v) is 15.1. The van der Waals surface area contributed by atoms with Crippen LogP contribution >= 0.6 is 0 Å². The molecule has 3 atom stereocenters. The monoisotopic (exact) mass is 555 g/mol. The van der Waals surface area contributed by atoms with Crippen LogP contribution in [0.3, 0.4) is 0 Å². The minimum Gasteiger partial charge on any atom is -0.444 e. The van der Waals surface area contributed by atoms with Crippen molar-refractivity contribution in [3.05, 3.63) is 42.0 Å². The van der Waals surface area contributed by atoms with Crippen molar-refractivity contribution in [1.29, 1.82) is 0 Å². The summed E-state index contributed by atoms with van der Waals surface area (Å²) < 4.78 is 5.50. The van der Waals surface area contributed by atoms with Gasteiger partial charge in [0.15, 0.2) is 0 Å². The van der Waals surface area contributed by atoms with Crippen LogP contribution in [0.25, 0.3) is 6.08 Å². The van der Waals surface area contributed by atoms with Crippen LogP contribution in [0.2, 0.25) is 0 Å². The molecule has 1 aliphatic rings. The number of rotatable bonds is 12. The highest BCUT2D eigenvalue weighted by Gasteiger charge is 2.40. The second-order valence-electron chi connectivity index (χ2n) is 13.1. The first-order chi connectivity index (χ1) is 18.7. The molecule has 40 heavy (non-hydrogen) atoms. The van der Waals surface area contributed by atoms with Gasteiger partial charge in [0.05, 0.1) is 0 Å². The lowest BCUT2D eigenvalue weighted by molar-refractivity contribution is -0.146. The predicted octanol–water partition coefficient (Wildman–Crippen LogP) is 7.02. The van der Waals surface area contributed by atoms with Crippen molar-refractivity contribution < 1.29 is 19.1 Å². The van der Waals surface area contributed by atoms with Gasteiger partial charge in [0.25, 0.3) is 0 Å². The number of hydrogen-bond donors (Lipinski definition) is 2. The van der Waals surface area contributed by atoms with Gasteiger partial charge in [-0.05, 0) is 82.4 Å². The number of nitrogens with zero attached hydrogens (tertiary/aromatic N) is 1. The number of carbonyl (C=O) groups excluding carboxylic acids is 3. The zero-order valence-corrected chi connectivity index (χ0v) is 26.1. The fourth-order valence-electron chi connectivity index (χ4n) is 5.24. The summed E-state index contributed by atoms with van der Waals surface area (Å²) in [4.78, 5) is 43.2. The van der Waals surface area contributed by atoms with Crippen molar-refractivity contribution in [3.63, 3.8) is 0 Å². The largest absolute Gasteiger partial charge is 0.444 e. The van der Waals surface area contributed by atoms with E-state index in [4.69, 9.17) is 4.74 Å². The third-order valence-corrected chi connectivity index (χ3v) is 7.44. The summed E-state index contributed by atoms with van der Waals surface area (Å²) in [6.45, 7) is 19.4. The van der Waals surface area contributed by atoms with E-state index in [0.29, 0.717) is 5.92 Å². The summed E-state index contributed by atoms with van der Waals surface area (Å²) in [5.41, 5.74) is 0.907. The van der Waals surface area contributed by atoms with Crippen molar-refractivity contribution >= 4 is 24.0 Å². The number of hydrogen-bond acceptors (Lipinski definition) is 4. The zero-order chi connectivity index (χ0) is 30.0. The summed E-state index contributed by atoms with van der Waals surface area (Å²) in [7, 11) is 0. The van der Waals surface area contributed by atoms with E-state index in [9.17, 15) is 14.4 Å². The van der Waals surface area contributed by atoms with Crippen molar-refractivity contribution in [3.8, 4) is 0 Å². The van der Waals surface area contributed by atoms with E-state index in [1.807, 2.05) is 45.0 Å². The average Bonchev–Trinajstić information content (AvgIpc) is 2.87. The molecule has 1 aliphatic carbocycles. The second kappa shape index (κ2) is 15.2. The number of benzene rings is 1. The van der Waals surface area contributed by atoms with E-state index in [0.717, 1.165) is 49.7 Å². The molecule has 1 aromatic rings. The maximum absolute atomic E-state index is 14.5. The second-order valence-corrected chi connectivity index (χ2v) is 13.1. The standard InChI is InChI=1S/C33H53N3O4/c1-10-25-15-14-16-26(21-25)29(30(37)34-27-17-12-11-13-18-27)36(24(6)20-19-22(2)3)31(38)28(23(4)5)35-32(39)40-33(7,8)9/h10,14-16,21-24,27-29H,1,11-13,17-20H2,2-9H3,(H,34,37)(H,35,39). The molecule has 3 unspecified atom stereocenters. The molecule has 2 rings (SSSR count). The maximum atomic E-state index is 14.5. The molecule has 0 aliphatic heterocycles. The summed E-state index contributed by atoms with van der Waals surface area (Å²) >= 11 is 0. The fraction of sp³-hybridized carbons (Fsp3) is 0.667. The highest BCUT2D eigenvalue weighted by molar-refractivity contribution is 5.92. The molecule has 1 saturated carbocycles. The highest BCUT2D eigenvalue weighted by Crippen LogP contribution is 2.30. The van der Waals surface area contributed by atoms with Gasteiger partial charge in [-0.25, -0.2) is 4.79 Å². The van der Waals surface area contributed by atoms with Crippen LogP contribution in [0.15, 0.2) is 30.8 Å². The molecule has 0 heterocycles. The SMILES string of the molecule is C=Cc1cccc(C(C(=O)NC2CCCCC2)N(C(=O)C(NC(=O)OC(C)(C)C)C(C)C)C(C)CCC(C)C)c1. The van der Waals surface area contributed by atoms with Gasteiger partial charge in [0.2, 0.25) is 11.8 Å². The van der Waals surface area contributed by atoms with Crippen LogP contribution in [0.1, 0.15) is 118 Å². The van der Waals surface area contributed by atoms with Crippen LogP contribution in [0.4, 0.5) is 4.79 Å². The number of alkyl carbamates (subject to hydrolysis) is 1. The van der Waals surface area contributed by atoms with E-state index >= 15 is 0 Å². The summed E-state index contributed by atoms with van der Waals surface area (Å²) in [5.74, 6) is -0.247. The van der Waals surface area contributed by atoms with Gasteiger partial charge in [0, 0.05) is 12.1 Å². The van der Waals surface area contributed by atoms with Gasteiger partial charge in [-0.15, -0.1) is 0 Å². The molecule has 0 aromatic heterocycles. The lowest BCUT2D eigenvalue weighted by atomic mass is 9.92. The summed E-state index contributed by atoms with van der Waals surface area (Å²) in [6, 6.07) is 5.80. The summed E-state index contributed by atoms with van der Waals surface area (Å²) in [6.07, 6.45) is 7.97. The Morgan fingerprint density at radius 3 is 2.25 bits per heavy atom. The molecule has 0 saturated heterocycles. The third kappa shape index (κ3) is 10.3. The topological polar surface area (TPSA) is 87.7 Å². The van der Waals surface area contributed by atoms with Crippen LogP contribution in [-0.4, -0.2) is 46.5 Å². The summed E-state index contributed by atoms with van der Waals surface area (Å²) in [5, 5.41) is 6.10. The first kappa shape index (κ1) is 33.4. The molecule has 0 bridgehead atoms. The number of nitrogens with one attached hydrogen (secondary N) is 2. The maximum Gasteiger partial charge on any atom is 0.408 e. The lowest BCUT2D eigenvalue weighted by Crippen LogP contribution is -2.57. The highest BCUT2D eigenvalue weighted by atomic mass is 16.6. The van der Waals surface area contributed by atoms with Crippen LogP contribution in [0.5, 0.6) is 0 Å². The number of carbonyl (C=O) groups is 3. The molecule has 224 valence electrons. The Morgan fingerprint density at radius 1 is 1.05 bits per heavy atom. The molecule has 1 fully saturated rings. The van der Waals surface area contributed by atoms with Crippen molar-refractivity contribution in [1.82, 2.24) is 15.5 Å². The Hall–Kier alpha value is -2.83. The van der Waals surface area contributed by atoms with Gasteiger partial charge in [-0.1, -0.05) is 77.8 Å². The molecule has 1 aromatic carbocycles. The predicted molar refractivity (Wildman–Crippen MR) is 163 cm³/mol. The molecule has 0 spiro atoms. The minimum absolute atomic E-state index is 0.0926. The molecular weight excluding hydrogens is 502 g/mol. The first-order valence-electron chi connectivity index (χ1n) is 15.1. The normalized spacial score (nSPS) is 16.6. The van der Waals surface area contributed by atoms with Crippen LogP contribution in [0, 0.1) is 11.8 Å². The Kier molecular flexibility index (Phi) is 12.7.